The Balaban J connectivity index is 1.81. The number of methoxy groups -OCH3 is 1. The fourth-order valence-corrected chi connectivity index (χ4v) is 4.47. The molecule has 0 amide bonds. The molecular weight excluding hydrogens is 350 g/mol. The molecule has 4 rings (SSSR count). The number of ketones is 1. The lowest BCUT2D eigenvalue weighted by Gasteiger charge is -2.36. The molecule has 0 radical (unpaired) electrons. The van der Waals surface area contributed by atoms with Crippen molar-refractivity contribution in [3.63, 3.8) is 0 Å². The number of aliphatic imine (C=N–C) groups is 1. The summed E-state index contributed by atoms with van der Waals surface area (Å²) in [6.07, 6.45) is 1.15. The highest BCUT2D eigenvalue weighted by Crippen LogP contribution is 2.46. The molecule has 4 heteroatoms. The van der Waals surface area contributed by atoms with E-state index in [-0.39, 0.29) is 23.6 Å². The van der Waals surface area contributed by atoms with Crippen molar-refractivity contribution < 1.29 is 14.3 Å². The first kappa shape index (κ1) is 18.4. The van der Waals surface area contributed by atoms with Gasteiger partial charge >= 0.3 is 5.97 Å². The van der Waals surface area contributed by atoms with E-state index in [4.69, 9.17) is 9.73 Å². The summed E-state index contributed by atoms with van der Waals surface area (Å²) in [6.45, 7) is 1.86. The van der Waals surface area contributed by atoms with Gasteiger partial charge < -0.3 is 4.74 Å². The molecule has 1 unspecified atom stereocenters. The lowest BCUT2D eigenvalue weighted by molar-refractivity contribution is -0.143. The van der Waals surface area contributed by atoms with Crippen LogP contribution in [0, 0.1) is 5.92 Å². The van der Waals surface area contributed by atoms with E-state index in [9.17, 15) is 9.59 Å². The van der Waals surface area contributed by atoms with Gasteiger partial charge in [0.2, 0.25) is 0 Å². The summed E-state index contributed by atoms with van der Waals surface area (Å²) < 4.78 is 5.06. The molecule has 2 aromatic rings. The number of ether oxygens (including phenoxy) is 1. The SMILES string of the molecule is COC(=O)C1C(C)=NC2=C(C(=O)C[C@H](c3ccccc3)C2)[C@@H]1c1ccccc1. The first-order valence-electron chi connectivity index (χ1n) is 9.59. The number of Topliss-reactive ketones (excluding diaryl/α,β-unsaturated/α-hetero) is 1. The fourth-order valence-electron chi connectivity index (χ4n) is 4.47. The van der Waals surface area contributed by atoms with Crippen LogP contribution in [0.4, 0.5) is 0 Å². The molecule has 4 nitrogen and oxygen atoms in total. The van der Waals surface area contributed by atoms with Gasteiger partial charge in [0.1, 0.15) is 5.92 Å². The van der Waals surface area contributed by atoms with Gasteiger partial charge in [-0.05, 0) is 30.4 Å². The van der Waals surface area contributed by atoms with E-state index in [0.29, 0.717) is 24.1 Å². The maximum absolute atomic E-state index is 13.3. The molecule has 2 aromatic carbocycles. The van der Waals surface area contributed by atoms with Crippen molar-refractivity contribution in [1.82, 2.24) is 0 Å². The summed E-state index contributed by atoms with van der Waals surface area (Å²) in [5.74, 6) is -1.06. The molecule has 0 fully saturated rings. The molecule has 0 aromatic heterocycles. The molecule has 3 atom stereocenters. The van der Waals surface area contributed by atoms with Crippen LogP contribution in [0.1, 0.15) is 42.7 Å². The third-order valence-electron chi connectivity index (χ3n) is 5.77. The molecule has 28 heavy (non-hydrogen) atoms. The first-order valence-corrected chi connectivity index (χ1v) is 9.59. The summed E-state index contributed by atoms with van der Waals surface area (Å²) in [4.78, 5) is 30.6. The number of carbonyl (C=O) groups excluding carboxylic acids is 2. The van der Waals surface area contributed by atoms with E-state index in [2.05, 4.69) is 12.1 Å². The van der Waals surface area contributed by atoms with Crippen molar-refractivity contribution >= 4 is 17.5 Å². The van der Waals surface area contributed by atoms with Gasteiger partial charge in [0, 0.05) is 29.3 Å². The van der Waals surface area contributed by atoms with Crippen LogP contribution in [-0.2, 0) is 14.3 Å². The van der Waals surface area contributed by atoms with Crippen LogP contribution in [-0.4, -0.2) is 24.6 Å². The number of nitrogens with zero attached hydrogens (tertiary/aromatic N) is 1. The average molecular weight is 373 g/mol. The maximum atomic E-state index is 13.3. The standard InChI is InChI=1S/C24H23NO3/c1-15-21(24(27)28-2)22(17-11-7-4-8-12-17)23-19(25-15)13-18(14-20(23)26)16-9-5-3-6-10-16/h3-12,18,21-22H,13-14H2,1-2H3/t18-,21?,22-/m1/s1. The number of hydrogen-bond acceptors (Lipinski definition) is 4. The summed E-state index contributed by atoms with van der Waals surface area (Å²) in [7, 11) is 1.38. The van der Waals surface area contributed by atoms with Gasteiger partial charge in [-0.25, -0.2) is 0 Å². The van der Waals surface area contributed by atoms with Crippen LogP contribution in [0.25, 0.3) is 0 Å². The molecule has 1 aliphatic carbocycles. The predicted octanol–water partition coefficient (Wildman–Crippen LogP) is 4.43. The smallest absolute Gasteiger partial charge is 0.315 e. The van der Waals surface area contributed by atoms with Gasteiger partial charge in [-0.1, -0.05) is 60.7 Å². The van der Waals surface area contributed by atoms with Gasteiger partial charge in [0.15, 0.2) is 5.78 Å². The minimum atomic E-state index is -0.566. The number of esters is 1. The quantitative estimate of drug-likeness (QED) is 0.748. The van der Waals surface area contributed by atoms with Gasteiger partial charge in [-0.15, -0.1) is 0 Å². The Hall–Kier alpha value is -3.01. The molecule has 0 spiro atoms. The van der Waals surface area contributed by atoms with Crippen molar-refractivity contribution in [3.8, 4) is 0 Å². The lowest BCUT2D eigenvalue weighted by atomic mass is 9.69. The first-order chi connectivity index (χ1) is 13.6. The highest BCUT2D eigenvalue weighted by Gasteiger charge is 2.44. The Morgan fingerprint density at radius 1 is 0.964 bits per heavy atom. The minimum absolute atomic E-state index is 0.0779. The highest BCUT2D eigenvalue weighted by atomic mass is 16.5. The Morgan fingerprint density at radius 2 is 1.57 bits per heavy atom. The third-order valence-corrected chi connectivity index (χ3v) is 5.77. The van der Waals surface area contributed by atoms with Crippen molar-refractivity contribution in [2.24, 2.45) is 10.9 Å². The number of allylic oxidation sites excluding steroid dienone is 2. The second-order valence-corrected chi connectivity index (χ2v) is 7.44. The number of carbonyl (C=O) groups is 2. The number of hydrogen-bond donors (Lipinski definition) is 0. The van der Waals surface area contributed by atoms with E-state index < -0.39 is 5.92 Å². The Labute approximate surface area is 164 Å². The second kappa shape index (κ2) is 7.55. The van der Waals surface area contributed by atoms with E-state index in [1.165, 1.54) is 7.11 Å². The molecule has 1 heterocycles. The maximum Gasteiger partial charge on any atom is 0.315 e. The number of rotatable bonds is 3. The molecule has 0 bridgehead atoms. The largest absolute Gasteiger partial charge is 0.468 e. The van der Waals surface area contributed by atoms with Gasteiger partial charge in [-0.2, -0.15) is 0 Å². The second-order valence-electron chi connectivity index (χ2n) is 7.44. The van der Waals surface area contributed by atoms with Crippen molar-refractivity contribution in [2.75, 3.05) is 7.11 Å². The zero-order valence-electron chi connectivity index (χ0n) is 16.1. The average Bonchev–Trinajstić information content (AvgIpc) is 2.73. The topological polar surface area (TPSA) is 55.7 Å². The number of benzene rings is 2. The van der Waals surface area contributed by atoms with Crippen LogP contribution >= 0.6 is 0 Å². The monoisotopic (exact) mass is 373 g/mol. The van der Waals surface area contributed by atoms with E-state index in [1.807, 2.05) is 55.5 Å². The zero-order valence-corrected chi connectivity index (χ0v) is 16.1. The zero-order chi connectivity index (χ0) is 19.7. The van der Waals surface area contributed by atoms with Gasteiger partial charge in [0.25, 0.3) is 0 Å². The van der Waals surface area contributed by atoms with Gasteiger partial charge in [0.05, 0.1) is 7.11 Å². The van der Waals surface area contributed by atoms with Crippen LogP contribution in [0.2, 0.25) is 0 Å². The van der Waals surface area contributed by atoms with Crippen LogP contribution < -0.4 is 0 Å². The van der Waals surface area contributed by atoms with Gasteiger partial charge in [-0.3, -0.25) is 14.6 Å². The molecule has 142 valence electrons. The molecule has 0 saturated carbocycles. The van der Waals surface area contributed by atoms with E-state index in [0.717, 1.165) is 16.8 Å². The lowest BCUT2D eigenvalue weighted by Crippen LogP contribution is -2.37. The summed E-state index contributed by atoms with van der Waals surface area (Å²) in [5.41, 5.74) is 4.31. The van der Waals surface area contributed by atoms with Crippen LogP contribution in [0.5, 0.6) is 0 Å². The third kappa shape index (κ3) is 3.19. The van der Waals surface area contributed by atoms with Crippen molar-refractivity contribution in [1.29, 1.82) is 0 Å². The minimum Gasteiger partial charge on any atom is -0.468 e. The van der Waals surface area contributed by atoms with Crippen LogP contribution in [0.15, 0.2) is 76.9 Å². The molecule has 1 aliphatic heterocycles. The Morgan fingerprint density at radius 3 is 2.18 bits per heavy atom. The summed E-state index contributed by atoms with van der Waals surface area (Å²) in [5, 5.41) is 0. The molecule has 0 N–H and O–H groups in total. The van der Waals surface area contributed by atoms with Crippen molar-refractivity contribution in [3.05, 3.63) is 83.1 Å². The van der Waals surface area contributed by atoms with E-state index in [1.54, 1.807) is 0 Å². The van der Waals surface area contributed by atoms with E-state index >= 15 is 0 Å². The molecular formula is C24H23NO3. The predicted molar refractivity (Wildman–Crippen MR) is 108 cm³/mol. The molecule has 0 saturated heterocycles. The normalized spacial score (nSPS) is 24.4. The summed E-state index contributed by atoms with van der Waals surface area (Å²) >= 11 is 0. The van der Waals surface area contributed by atoms with Crippen molar-refractivity contribution in [2.45, 2.75) is 31.6 Å². The fraction of sp³-hybridized carbons (Fsp3) is 0.292. The summed E-state index contributed by atoms with van der Waals surface area (Å²) in [6, 6.07) is 19.9. The molecule has 2 aliphatic rings. The highest BCUT2D eigenvalue weighted by molar-refractivity contribution is 6.09. The Bertz CT molecular complexity index is 960. The Kier molecular flexibility index (Phi) is 4.95. The van der Waals surface area contributed by atoms with Crippen LogP contribution in [0.3, 0.4) is 0 Å².